The van der Waals surface area contributed by atoms with Gasteiger partial charge in [-0.3, -0.25) is 4.57 Å². The van der Waals surface area contributed by atoms with Crippen LogP contribution in [0.3, 0.4) is 0 Å². The molecule has 0 unspecified atom stereocenters. The van der Waals surface area contributed by atoms with Crippen LogP contribution < -0.4 is 10.5 Å². The van der Waals surface area contributed by atoms with Gasteiger partial charge in [-0.05, 0) is 30.7 Å². The van der Waals surface area contributed by atoms with E-state index in [9.17, 15) is 25.2 Å². The molecule has 1 aromatic carbocycles. The molecule has 0 spiro atoms. The third kappa shape index (κ3) is 9.75. The molecule has 254 valence electrons. The number of unbranched alkanes of at least 4 members (excludes halogenated alkanes) is 9. The number of nitrogens with zero attached hydrogens (tertiary/aromatic N) is 4. The van der Waals surface area contributed by atoms with Crippen molar-refractivity contribution in [1.82, 2.24) is 19.5 Å². The van der Waals surface area contributed by atoms with Crippen molar-refractivity contribution in [2.45, 2.75) is 107 Å². The number of carbonyl (C=O) groups excluding carboxylic acids is 1. The first-order valence-electron chi connectivity index (χ1n) is 16.2. The first-order valence-corrected chi connectivity index (χ1v) is 17.1. The molecular formula is C32H47N5O8S. The Bertz CT molecular complexity index is 1360. The quantitative estimate of drug-likeness (QED) is 0.0670. The molecule has 6 N–H and O–H groups in total. The minimum absolute atomic E-state index is 0.0362. The van der Waals surface area contributed by atoms with Crippen LogP contribution in [0.25, 0.3) is 11.2 Å². The smallest absolute Gasteiger partial charge is 0.338 e. The molecule has 13 nitrogen and oxygen atoms in total. The maximum absolute atomic E-state index is 12.4. The number of aliphatic hydroxyl groups excluding tert-OH is 4. The molecule has 46 heavy (non-hydrogen) atoms. The molecule has 5 atom stereocenters. The first kappa shape index (κ1) is 35.8. The number of hydrogen-bond donors (Lipinski definition) is 5. The number of aromatic nitrogens is 4. The van der Waals surface area contributed by atoms with Gasteiger partial charge in [0.2, 0.25) is 0 Å². The Morgan fingerprint density at radius 2 is 1.70 bits per heavy atom. The molecule has 3 heterocycles. The number of hydrogen-bond acceptors (Lipinski definition) is 13. The van der Waals surface area contributed by atoms with Crippen molar-refractivity contribution in [3.05, 3.63) is 36.2 Å². The van der Waals surface area contributed by atoms with Gasteiger partial charge in [0, 0.05) is 5.75 Å². The summed E-state index contributed by atoms with van der Waals surface area (Å²) >= 11 is 1.15. The van der Waals surface area contributed by atoms with Gasteiger partial charge in [0.25, 0.3) is 0 Å². The first-order chi connectivity index (χ1) is 22.3. The standard InChI is InChI=1S/C32H47N5O8S/c1-2-3-4-5-6-7-8-9-10-11-16-43-31(42)21-12-14-23(15-13-21)44-18-22(39)19-46-32-36-25-28(33)34-20-35-29(25)37(32)30-27(41)26(40)24(17-38)45-30/h12-15,20,22,24,26-27,30,38-41H,2-11,16-19H2,1H3,(H2,33,34,35)/t22-,24-,26-,27-,30-/m1/s1. The molecule has 0 radical (unpaired) electrons. The lowest BCUT2D eigenvalue weighted by Gasteiger charge is -2.19. The van der Waals surface area contributed by atoms with E-state index in [2.05, 4.69) is 21.9 Å². The highest BCUT2D eigenvalue weighted by Crippen LogP contribution is 2.36. The van der Waals surface area contributed by atoms with Crippen molar-refractivity contribution >= 4 is 34.7 Å². The largest absolute Gasteiger partial charge is 0.491 e. The summed E-state index contributed by atoms with van der Waals surface area (Å²) in [5.74, 6) is 0.375. The van der Waals surface area contributed by atoms with Crippen molar-refractivity contribution in [2.75, 3.05) is 31.3 Å². The average molecular weight is 662 g/mol. The number of rotatable bonds is 20. The van der Waals surface area contributed by atoms with Crippen molar-refractivity contribution in [1.29, 1.82) is 0 Å². The molecule has 0 aliphatic carbocycles. The van der Waals surface area contributed by atoms with E-state index >= 15 is 0 Å². The Balaban J connectivity index is 1.20. The van der Waals surface area contributed by atoms with Crippen molar-refractivity contribution in [3.8, 4) is 5.75 Å². The summed E-state index contributed by atoms with van der Waals surface area (Å²) in [7, 11) is 0. The van der Waals surface area contributed by atoms with Gasteiger partial charge in [-0.15, -0.1) is 0 Å². The minimum atomic E-state index is -1.36. The molecule has 1 fully saturated rings. The lowest BCUT2D eigenvalue weighted by atomic mass is 10.1. The molecule has 4 rings (SSSR count). The van der Waals surface area contributed by atoms with E-state index in [1.807, 2.05) is 0 Å². The topological polar surface area (TPSA) is 195 Å². The molecule has 1 aliphatic heterocycles. The zero-order chi connectivity index (χ0) is 32.9. The number of aliphatic hydroxyl groups is 4. The summed E-state index contributed by atoms with van der Waals surface area (Å²) in [4.78, 5) is 25.1. The number of benzene rings is 1. The van der Waals surface area contributed by atoms with Gasteiger partial charge in [-0.1, -0.05) is 76.5 Å². The van der Waals surface area contributed by atoms with E-state index in [-0.39, 0.29) is 35.3 Å². The second-order valence-electron chi connectivity index (χ2n) is 11.5. The molecule has 0 bridgehead atoms. The number of anilines is 1. The highest BCUT2D eigenvalue weighted by Gasteiger charge is 2.45. The Hall–Kier alpha value is -3.01. The van der Waals surface area contributed by atoms with Crippen LogP contribution in [0.5, 0.6) is 5.75 Å². The molecule has 1 aliphatic rings. The monoisotopic (exact) mass is 661 g/mol. The van der Waals surface area contributed by atoms with Crippen LogP contribution in [0, 0.1) is 0 Å². The van der Waals surface area contributed by atoms with Gasteiger partial charge in [0.15, 0.2) is 28.4 Å². The van der Waals surface area contributed by atoms with E-state index in [1.165, 1.54) is 55.8 Å². The van der Waals surface area contributed by atoms with E-state index in [4.69, 9.17) is 19.9 Å². The van der Waals surface area contributed by atoms with E-state index in [0.29, 0.717) is 23.1 Å². The van der Waals surface area contributed by atoms with Gasteiger partial charge in [-0.2, -0.15) is 0 Å². The summed E-state index contributed by atoms with van der Waals surface area (Å²) in [6.07, 6.45) is 7.73. The molecule has 14 heteroatoms. The predicted octanol–water partition coefficient (Wildman–Crippen LogP) is 3.63. The number of nitrogens with two attached hydrogens (primary N) is 1. The van der Waals surface area contributed by atoms with Gasteiger partial charge < -0.3 is 40.4 Å². The van der Waals surface area contributed by atoms with Crippen LogP contribution in [-0.4, -0.2) is 95.9 Å². The van der Waals surface area contributed by atoms with E-state index in [1.54, 1.807) is 24.3 Å². The van der Waals surface area contributed by atoms with Gasteiger partial charge in [0.05, 0.1) is 24.9 Å². The maximum Gasteiger partial charge on any atom is 0.338 e. The lowest BCUT2D eigenvalue weighted by molar-refractivity contribution is -0.0548. The number of carbonyl (C=O) groups is 1. The zero-order valence-electron chi connectivity index (χ0n) is 26.4. The highest BCUT2D eigenvalue weighted by atomic mass is 32.2. The number of esters is 1. The van der Waals surface area contributed by atoms with Crippen LogP contribution in [-0.2, 0) is 9.47 Å². The number of nitrogen functional groups attached to an aromatic ring is 1. The predicted molar refractivity (Wildman–Crippen MR) is 174 cm³/mol. The van der Waals surface area contributed by atoms with Crippen molar-refractivity contribution in [3.63, 3.8) is 0 Å². The molecule has 0 saturated carbocycles. The number of ether oxygens (including phenoxy) is 3. The second kappa shape index (κ2) is 18.4. The Morgan fingerprint density at radius 1 is 1.02 bits per heavy atom. The van der Waals surface area contributed by atoms with Gasteiger partial charge in [-0.25, -0.2) is 19.7 Å². The average Bonchev–Trinajstić information content (AvgIpc) is 3.58. The summed E-state index contributed by atoms with van der Waals surface area (Å²) < 4.78 is 18.3. The maximum atomic E-state index is 12.4. The minimum Gasteiger partial charge on any atom is -0.491 e. The van der Waals surface area contributed by atoms with Crippen molar-refractivity contribution < 1.29 is 39.4 Å². The van der Waals surface area contributed by atoms with Crippen molar-refractivity contribution in [2.24, 2.45) is 0 Å². The van der Waals surface area contributed by atoms with Gasteiger partial charge in [0.1, 0.15) is 37.0 Å². The van der Waals surface area contributed by atoms with Crippen LogP contribution >= 0.6 is 11.8 Å². The second-order valence-corrected chi connectivity index (χ2v) is 12.5. The summed E-state index contributed by atoms with van der Waals surface area (Å²) in [5.41, 5.74) is 6.97. The Labute approximate surface area is 273 Å². The fourth-order valence-corrected chi connectivity index (χ4v) is 6.19. The summed E-state index contributed by atoms with van der Waals surface area (Å²) in [6.45, 7) is 2.11. The molecule has 0 amide bonds. The molecule has 1 saturated heterocycles. The summed E-state index contributed by atoms with van der Waals surface area (Å²) in [5, 5.41) is 41.4. The van der Waals surface area contributed by atoms with Crippen LogP contribution in [0.4, 0.5) is 5.82 Å². The van der Waals surface area contributed by atoms with E-state index < -0.39 is 37.3 Å². The normalized spacial score (nSPS) is 20.3. The SMILES string of the molecule is CCCCCCCCCCCCOC(=O)c1ccc(OC[C@@H](O)CSc2nc3c(N)ncnc3n2[C@@H]2O[C@H](CO)[C@@H](O)[C@H]2O)cc1. The molecular weight excluding hydrogens is 614 g/mol. The summed E-state index contributed by atoms with van der Waals surface area (Å²) in [6, 6.07) is 6.57. The number of fused-ring (bicyclic) bond motifs is 1. The zero-order valence-corrected chi connectivity index (χ0v) is 27.2. The van der Waals surface area contributed by atoms with Crippen LogP contribution in [0.15, 0.2) is 35.7 Å². The fourth-order valence-electron chi connectivity index (χ4n) is 5.27. The highest BCUT2D eigenvalue weighted by molar-refractivity contribution is 7.99. The van der Waals surface area contributed by atoms with Gasteiger partial charge >= 0.3 is 5.97 Å². The number of imidazole rings is 1. The third-order valence-electron chi connectivity index (χ3n) is 7.91. The van der Waals surface area contributed by atoms with Crippen LogP contribution in [0.1, 0.15) is 87.7 Å². The molecule has 2 aromatic heterocycles. The molecule has 3 aromatic rings. The fraction of sp³-hybridized carbons (Fsp3) is 0.625. The Kier molecular flexibility index (Phi) is 14.3. The third-order valence-corrected chi connectivity index (χ3v) is 9.01. The van der Waals surface area contributed by atoms with E-state index in [0.717, 1.165) is 31.0 Å². The van der Waals surface area contributed by atoms with Crippen LogP contribution in [0.2, 0.25) is 0 Å². The Morgan fingerprint density at radius 3 is 2.35 bits per heavy atom. The number of thioether (sulfide) groups is 1. The lowest BCUT2D eigenvalue weighted by Crippen LogP contribution is -2.33.